The molecular formula is C18H24N6. The fourth-order valence-corrected chi connectivity index (χ4v) is 3.50. The maximum atomic E-state index is 4.53. The lowest BCUT2D eigenvalue weighted by Gasteiger charge is -2.39. The minimum Gasteiger partial charge on any atom is -0.350 e. The molecule has 1 saturated carbocycles. The van der Waals surface area contributed by atoms with Crippen molar-refractivity contribution in [2.45, 2.75) is 51.1 Å². The second-order valence-corrected chi connectivity index (χ2v) is 6.67. The second-order valence-electron chi connectivity index (χ2n) is 6.67. The monoisotopic (exact) mass is 324 g/mol. The average Bonchev–Trinajstić information content (AvgIpc) is 3.49. The van der Waals surface area contributed by atoms with E-state index < -0.39 is 0 Å². The number of rotatable bonds is 5. The van der Waals surface area contributed by atoms with Crippen molar-refractivity contribution in [1.29, 1.82) is 0 Å². The van der Waals surface area contributed by atoms with Crippen LogP contribution < -0.4 is 9.80 Å². The largest absolute Gasteiger partial charge is 0.350 e. The van der Waals surface area contributed by atoms with Crippen LogP contribution in [-0.4, -0.2) is 45.1 Å². The van der Waals surface area contributed by atoms with Crippen LogP contribution in [0.4, 0.5) is 11.8 Å². The number of piperidine rings is 1. The van der Waals surface area contributed by atoms with Gasteiger partial charge in [0.25, 0.3) is 0 Å². The third-order valence-corrected chi connectivity index (χ3v) is 5.01. The zero-order valence-corrected chi connectivity index (χ0v) is 14.2. The molecule has 2 aromatic rings. The highest BCUT2D eigenvalue weighted by atomic mass is 15.3. The van der Waals surface area contributed by atoms with Crippen molar-refractivity contribution < 1.29 is 0 Å². The van der Waals surface area contributed by atoms with Crippen molar-refractivity contribution in [3.63, 3.8) is 0 Å². The van der Waals surface area contributed by atoms with Crippen molar-refractivity contribution in [3.05, 3.63) is 36.5 Å². The highest BCUT2D eigenvalue weighted by Gasteiger charge is 2.36. The lowest BCUT2D eigenvalue weighted by Crippen LogP contribution is -2.46. The van der Waals surface area contributed by atoms with Gasteiger partial charge in [0.1, 0.15) is 12.1 Å². The maximum Gasteiger partial charge on any atom is 0.225 e. The summed E-state index contributed by atoms with van der Waals surface area (Å²) in [6.45, 7) is 4.14. The highest BCUT2D eigenvalue weighted by Crippen LogP contribution is 2.35. The van der Waals surface area contributed by atoms with Crippen LogP contribution in [0.1, 0.15) is 38.2 Å². The van der Waals surface area contributed by atoms with E-state index in [9.17, 15) is 0 Å². The van der Waals surface area contributed by atoms with E-state index >= 15 is 0 Å². The minimum absolute atomic E-state index is 0.554. The van der Waals surface area contributed by atoms with Crippen LogP contribution in [-0.2, 0) is 6.42 Å². The summed E-state index contributed by atoms with van der Waals surface area (Å²) in [4.78, 5) is 22.4. The molecule has 4 rings (SSSR count). The number of nitrogens with zero attached hydrogens (tertiary/aromatic N) is 6. The fraction of sp³-hybridized carbons (Fsp3) is 0.556. The van der Waals surface area contributed by atoms with Gasteiger partial charge in [-0.3, -0.25) is 0 Å². The summed E-state index contributed by atoms with van der Waals surface area (Å²) in [5.41, 5.74) is 1.19. The molecule has 1 aliphatic carbocycles. The second kappa shape index (κ2) is 6.71. The Labute approximate surface area is 143 Å². The summed E-state index contributed by atoms with van der Waals surface area (Å²) in [5, 5.41) is 0. The number of hydrogen-bond donors (Lipinski definition) is 0. The molecule has 24 heavy (non-hydrogen) atoms. The lowest BCUT2D eigenvalue weighted by atomic mass is 10.0. The quantitative estimate of drug-likeness (QED) is 0.842. The molecule has 2 aliphatic rings. The Morgan fingerprint density at radius 3 is 2.33 bits per heavy atom. The molecule has 2 fully saturated rings. The molecule has 0 bridgehead atoms. The summed E-state index contributed by atoms with van der Waals surface area (Å²) in [7, 11) is 0. The van der Waals surface area contributed by atoms with Crippen LogP contribution in [0.15, 0.2) is 31.0 Å². The van der Waals surface area contributed by atoms with Gasteiger partial charge in [0, 0.05) is 43.8 Å². The normalized spacial score (nSPS) is 18.6. The maximum absolute atomic E-state index is 4.53. The number of hydrogen-bond acceptors (Lipinski definition) is 6. The number of anilines is 2. The van der Waals surface area contributed by atoms with E-state index in [-0.39, 0.29) is 0 Å². The summed E-state index contributed by atoms with van der Waals surface area (Å²) < 4.78 is 0. The predicted octanol–water partition coefficient (Wildman–Crippen LogP) is 2.47. The first-order valence-electron chi connectivity index (χ1n) is 8.95. The molecule has 6 heteroatoms. The van der Waals surface area contributed by atoms with Gasteiger partial charge >= 0.3 is 0 Å². The van der Waals surface area contributed by atoms with E-state index in [0.717, 1.165) is 44.1 Å². The molecule has 0 radical (unpaired) electrons. The molecule has 0 aromatic carbocycles. The Balaban J connectivity index is 1.43. The molecule has 2 aromatic heterocycles. The molecule has 0 atom stereocenters. The van der Waals surface area contributed by atoms with Gasteiger partial charge in [-0.15, -0.1) is 0 Å². The van der Waals surface area contributed by atoms with Gasteiger partial charge in [-0.05, 0) is 43.7 Å². The molecule has 126 valence electrons. The number of aromatic nitrogens is 4. The summed E-state index contributed by atoms with van der Waals surface area (Å²) in [6, 6.07) is 3.26. The minimum atomic E-state index is 0.554. The molecule has 0 N–H and O–H groups in total. The van der Waals surface area contributed by atoms with Crippen molar-refractivity contribution in [2.75, 3.05) is 22.9 Å². The zero-order chi connectivity index (χ0) is 16.4. The molecule has 0 amide bonds. The Bertz CT molecular complexity index is 647. The summed E-state index contributed by atoms with van der Waals surface area (Å²) in [6.07, 6.45) is 13.2. The van der Waals surface area contributed by atoms with Crippen molar-refractivity contribution >= 4 is 11.8 Å². The molecule has 0 unspecified atom stereocenters. The topological polar surface area (TPSA) is 58.0 Å². The first-order chi connectivity index (χ1) is 11.8. The van der Waals surface area contributed by atoms with Crippen LogP contribution in [0.25, 0.3) is 0 Å². The molecule has 1 aliphatic heterocycles. The summed E-state index contributed by atoms with van der Waals surface area (Å²) >= 11 is 0. The van der Waals surface area contributed by atoms with Crippen molar-refractivity contribution in [2.24, 2.45) is 0 Å². The van der Waals surface area contributed by atoms with Crippen LogP contribution in [0.5, 0.6) is 0 Å². The predicted molar refractivity (Wildman–Crippen MR) is 94.2 cm³/mol. The molecular weight excluding hydrogens is 300 g/mol. The Morgan fingerprint density at radius 2 is 1.75 bits per heavy atom. The lowest BCUT2D eigenvalue weighted by molar-refractivity contribution is 0.455. The average molecular weight is 324 g/mol. The van der Waals surface area contributed by atoms with Crippen LogP contribution >= 0.6 is 0 Å². The van der Waals surface area contributed by atoms with E-state index in [0.29, 0.717) is 12.1 Å². The van der Waals surface area contributed by atoms with Gasteiger partial charge in [-0.25, -0.2) is 19.9 Å². The zero-order valence-electron chi connectivity index (χ0n) is 14.2. The van der Waals surface area contributed by atoms with E-state index in [1.807, 2.05) is 24.7 Å². The SMILES string of the molecule is CCc1cnc(N2CCC(N(c3ccncn3)C3CC3)CC2)nc1. The van der Waals surface area contributed by atoms with Gasteiger partial charge in [0.2, 0.25) is 5.95 Å². The molecule has 3 heterocycles. The van der Waals surface area contributed by atoms with Gasteiger partial charge < -0.3 is 9.80 Å². The van der Waals surface area contributed by atoms with E-state index in [1.165, 1.54) is 18.4 Å². The van der Waals surface area contributed by atoms with Crippen LogP contribution in [0.2, 0.25) is 0 Å². The standard InChI is InChI=1S/C18H24N6/c1-2-14-11-20-18(21-12-14)23-9-6-16(7-10-23)24(15-3-4-15)17-5-8-19-13-22-17/h5,8,11-13,15-16H,2-4,6-7,9-10H2,1H3. The smallest absolute Gasteiger partial charge is 0.225 e. The van der Waals surface area contributed by atoms with E-state index in [1.54, 1.807) is 6.33 Å². The summed E-state index contributed by atoms with van der Waals surface area (Å²) in [5.74, 6) is 1.94. The first kappa shape index (κ1) is 15.3. The van der Waals surface area contributed by atoms with Gasteiger partial charge in [0.15, 0.2) is 0 Å². The van der Waals surface area contributed by atoms with E-state index in [4.69, 9.17) is 0 Å². The third-order valence-electron chi connectivity index (χ3n) is 5.01. The van der Waals surface area contributed by atoms with Crippen molar-refractivity contribution in [1.82, 2.24) is 19.9 Å². The van der Waals surface area contributed by atoms with Crippen LogP contribution in [0.3, 0.4) is 0 Å². The molecule has 1 saturated heterocycles. The highest BCUT2D eigenvalue weighted by molar-refractivity contribution is 5.42. The number of aryl methyl sites for hydroxylation is 1. The Kier molecular flexibility index (Phi) is 4.28. The van der Waals surface area contributed by atoms with Crippen molar-refractivity contribution in [3.8, 4) is 0 Å². The fourth-order valence-electron chi connectivity index (χ4n) is 3.50. The molecule has 0 spiro atoms. The van der Waals surface area contributed by atoms with Gasteiger partial charge in [-0.1, -0.05) is 6.92 Å². The third kappa shape index (κ3) is 3.18. The Morgan fingerprint density at radius 1 is 1.04 bits per heavy atom. The van der Waals surface area contributed by atoms with E-state index in [2.05, 4.69) is 36.7 Å². The first-order valence-corrected chi connectivity index (χ1v) is 8.95. The molecule has 6 nitrogen and oxygen atoms in total. The van der Waals surface area contributed by atoms with Gasteiger partial charge in [0.05, 0.1) is 0 Å². The van der Waals surface area contributed by atoms with Crippen LogP contribution in [0, 0.1) is 0 Å². The van der Waals surface area contributed by atoms with Gasteiger partial charge in [-0.2, -0.15) is 0 Å². The Hall–Kier alpha value is -2.24.